The zero-order chi connectivity index (χ0) is 16.3. The van der Waals surface area contributed by atoms with Gasteiger partial charge in [0.05, 0.1) is 6.26 Å². The highest BCUT2D eigenvalue weighted by Gasteiger charge is 2.26. The molecular formula is C14H21N3O4S. The minimum Gasteiger partial charge on any atom is -0.356 e. The van der Waals surface area contributed by atoms with Crippen molar-refractivity contribution in [2.45, 2.75) is 19.8 Å². The zero-order valence-electron chi connectivity index (χ0n) is 12.8. The van der Waals surface area contributed by atoms with Crippen LogP contribution in [0.25, 0.3) is 0 Å². The average molecular weight is 327 g/mol. The summed E-state index contributed by atoms with van der Waals surface area (Å²) in [5.74, 6) is -0.143. The fraction of sp³-hybridized carbons (Fsp3) is 0.571. The fourth-order valence-electron chi connectivity index (χ4n) is 2.58. The molecule has 122 valence electrons. The molecule has 2 rings (SSSR count). The van der Waals surface area contributed by atoms with E-state index in [2.05, 4.69) is 9.71 Å². The minimum absolute atomic E-state index is 0.0934. The molecule has 1 aromatic heterocycles. The Bertz CT molecular complexity index is 665. The number of sulfonamides is 1. The van der Waals surface area contributed by atoms with Gasteiger partial charge in [-0.25, -0.2) is 13.1 Å². The number of nitrogens with zero attached hydrogens (tertiary/aromatic N) is 1. The normalized spacial score (nSPS) is 19.2. The number of aromatic amines is 1. The third kappa shape index (κ3) is 4.41. The number of ketones is 1. The van der Waals surface area contributed by atoms with Crippen LogP contribution in [0.3, 0.4) is 0 Å². The Kier molecular flexibility index (Phi) is 5.02. The van der Waals surface area contributed by atoms with E-state index in [1.54, 1.807) is 11.0 Å². The second-order valence-corrected chi connectivity index (χ2v) is 7.57. The van der Waals surface area contributed by atoms with Crippen LogP contribution < -0.4 is 4.72 Å². The van der Waals surface area contributed by atoms with E-state index in [1.807, 2.05) is 0 Å². The first kappa shape index (κ1) is 16.7. The van der Waals surface area contributed by atoms with Gasteiger partial charge in [0.15, 0.2) is 5.78 Å². The molecule has 8 heteroatoms. The topological polar surface area (TPSA) is 99.3 Å². The Balaban J connectivity index is 1.98. The minimum atomic E-state index is -3.22. The van der Waals surface area contributed by atoms with Crippen molar-refractivity contribution < 1.29 is 18.0 Å². The number of likely N-dealkylation sites (tertiary alicyclic amines) is 1. The number of H-pyrrole nitrogens is 1. The SMILES string of the molecule is CC(=O)c1c[nH]c(C(=O)N2CCCC(CNS(C)(=O)=O)C2)c1. The first-order valence-corrected chi connectivity index (χ1v) is 9.08. The van der Waals surface area contributed by atoms with Crippen molar-refractivity contribution in [2.24, 2.45) is 5.92 Å². The number of aromatic nitrogens is 1. The molecule has 1 amide bonds. The summed E-state index contributed by atoms with van der Waals surface area (Å²) in [7, 11) is -3.22. The van der Waals surface area contributed by atoms with E-state index >= 15 is 0 Å². The molecular weight excluding hydrogens is 306 g/mol. The Morgan fingerprint density at radius 2 is 2.18 bits per heavy atom. The van der Waals surface area contributed by atoms with Gasteiger partial charge in [0.2, 0.25) is 10.0 Å². The van der Waals surface area contributed by atoms with E-state index in [-0.39, 0.29) is 17.6 Å². The Morgan fingerprint density at radius 3 is 2.77 bits per heavy atom. The summed E-state index contributed by atoms with van der Waals surface area (Å²) >= 11 is 0. The Hall–Kier alpha value is -1.67. The second kappa shape index (κ2) is 6.62. The van der Waals surface area contributed by atoms with Crippen LogP contribution in [-0.2, 0) is 10.0 Å². The van der Waals surface area contributed by atoms with E-state index in [1.165, 1.54) is 13.1 Å². The van der Waals surface area contributed by atoms with Crippen LogP contribution in [0.15, 0.2) is 12.3 Å². The molecule has 0 bridgehead atoms. The molecule has 1 aliphatic heterocycles. The van der Waals surface area contributed by atoms with E-state index in [4.69, 9.17) is 0 Å². The first-order valence-electron chi connectivity index (χ1n) is 7.19. The van der Waals surface area contributed by atoms with E-state index in [9.17, 15) is 18.0 Å². The van der Waals surface area contributed by atoms with Gasteiger partial charge in [-0.2, -0.15) is 0 Å². The van der Waals surface area contributed by atoms with Crippen LogP contribution in [0.4, 0.5) is 0 Å². The molecule has 1 fully saturated rings. The molecule has 0 spiro atoms. The molecule has 1 atom stereocenters. The third-order valence-corrected chi connectivity index (χ3v) is 4.45. The summed E-state index contributed by atoms with van der Waals surface area (Å²) in [5, 5.41) is 0. The van der Waals surface area contributed by atoms with Crippen LogP contribution in [0, 0.1) is 5.92 Å². The second-order valence-electron chi connectivity index (χ2n) is 5.74. The number of hydrogen-bond acceptors (Lipinski definition) is 4. The lowest BCUT2D eigenvalue weighted by molar-refractivity contribution is 0.0671. The lowest BCUT2D eigenvalue weighted by atomic mass is 9.98. The number of nitrogens with one attached hydrogen (secondary N) is 2. The van der Waals surface area contributed by atoms with Crippen LogP contribution >= 0.6 is 0 Å². The van der Waals surface area contributed by atoms with Crippen LogP contribution in [-0.4, -0.2) is 55.9 Å². The molecule has 0 saturated carbocycles. The molecule has 0 aromatic carbocycles. The average Bonchev–Trinajstić information content (AvgIpc) is 2.94. The number of piperidine rings is 1. The number of carbonyl (C=O) groups is 2. The number of carbonyl (C=O) groups excluding carboxylic acids is 2. The van der Waals surface area contributed by atoms with Gasteiger partial charge in [-0.15, -0.1) is 0 Å². The molecule has 1 aliphatic rings. The predicted molar refractivity (Wildman–Crippen MR) is 82.3 cm³/mol. The van der Waals surface area contributed by atoms with E-state index in [0.29, 0.717) is 30.9 Å². The maximum absolute atomic E-state index is 12.4. The van der Waals surface area contributed by atoms with E-state index < -0.39 is 10.0 Å². The van der Waals surface area contributed by atoms with Crippen molar-refractivity contribution in [3.63, 3.8) is 0 Å². The molecule has 0 aliphatic carbocycles. The predicted octanol–water partition coefficient (Wildman–Crippen LogP) is 0.619. The fourth-order valence-corrected chi connectivity index (χ4v) is 3.12. The number of hydrogen-bond donors (Lipinski definition) is 2. The monoisotopic (exact) mass is 327 g/mol. The summed E-state index contributed by atoms with van der Waals surface area (Å²) in [6.07, 6.45) is 4.38. The maximum Gasteiger partial charge on any atom is 0.270 e. The smallest absolute Gasteiger partial charge is 0.270 e. The number of rotatable bonds is 5. The van der Waals surface area contributed by atoms with Gasteiger partial charge in [-0.1, -0.05) is 0 Å². The summed E-state index contributed by atoms with van der Waals surface area (Å²) in [6, 6.07) is 1.56. The number of Topliss-reactive ketones (excluding diaryl/α,β-unsaturated/α-hetero) is 1. The Morgan fingerprint density at radius 1 is 1.45 bits per heavy atom. The third-order valence-electron chi connectivity index (χ3n) is 3.76. The molecule has 2 heterocycles. The lowest BCUT2D eigenvalue weighted by Gasteiger charge is -2.32. The van der Waals surface area contributed by atoms with Gasteiger partial charge in [0, 0.05) is 31.4 Å². The Labute approximate surface area is 130 Å². The van der Waals surface area contributed by atoms with Gasteiger partial charge >= 0.3 is 0 Å². The highest BCUT2D eigenvalue weighted by molar-refractivity contribution is 7.88. The van der Waals surface area contributed by atoms with Gasteiger partial charge in [0.25, 0.3) is 5.91 Å². The quantitative estimate of drug-likeness (QED) is 0.774. The standard InChI is InChI=1S/C14H21N3O4S/c1-10(18)12-6-13(15-8-12)14(19)17-5-3-4-11(9-17)7-16-22(2,20)21/h6,8,11,15-16H,3-5,7,9H2,1-2H3. The van der Waals surface area contributed by atoms with Gasteiger partial charge < -0.3 is 9.88 Å². The molecule has 0 radical (unpaired) electrons. The van der Waals surface area contributed by atoms with Gasteiger partial charge in [-0.3, -0.25) is 9.59 Å². The van der Waals surface area contributed by atoms with E-state index in [0.717, 1.165) is 19.1 Å². The van der Waals surface area contributed by atoms with Crippen molar-refractivity contribution in [3.05, 3.63) is 23.5 Å². The summed E-state index contributed by atoms with van der Waals surface area (Å²) in [4.78, 5) is 28.2. The largest absolute Gasteiger partial charge is 0.356 e. The highest BCUT2D eigenvalue weighted by atomic mass is 32.2. The summed E-state index contributed by atoms with van der Waals surface area (Å²) in [5.41, 5.74) is 0.873. The zero-order valence-corrected chi connectivity index (χ0v) is 13.6. The van der Waals surface area contributed by atoms with Crippen molar-refractivity contribution in [2.75, 3.05) is 25.9 Å². The molecule has 1 saturated heterocycles. The van der Waals surface area contributed by atoms with Gasteiger partial charge in [-0.05, 0) is 31.7 Å². The summed E-state index contributed by atoms with van der Waals surface area (Å²) < 4.78 is 24.8. The van der Waals surface area contributed by atoms with Crippen molar-refractivity contribution >= 4 is 21.7 Å². The molecule has 1 aromatic rings. The molecule has 2 N–H and O–H groups in total. The summed E-state index contributed by atoms with van der Waals surface area (Å²) in [6.45, 7) is 2.94. The van der Waals surface area contributed by atoms with Crippen LogP contribution in [0.2, 0.25) is 0 Å². The van der Waals surface area contributed by atoms with Crippen molar-refractivity contribution in [3.8, 4) is 0 Å². The van der Waals surface area contributed by atoms with Crippen molar-refractivity contribution in [1.29, 1.82) is 0 Å². The molecule has 22 heavy (non-hydrogen) atoms. The number of amides is 1. The van der Waals surface area contributed by atoms with Crippen molar-refractivity contribution in [1.82, 2.24) is 14.6 Å². The lowest BCUT2D eigenvalue weighted by Crippen LogP contribution is -2.43. The molecule has 1 unspecified atom stereocenters. The molecule has 7 nitrogen and oxygen atoms in total. The first-order chi connectivity index (χ1) is 10.3. The van der Waals surface area contributed by atoms with Crippen LogP contribution in [0.5, 0.6) is 0 Å². The maximum atomic E-state index is 12.4. The van der Waals surface area contributed by atoms with Crippen LogP contribution in [0.1, 0.15) is 40.6 Å². The highest BCUT2D eigenvalue weighted by Crippen LogP contribution is 2.18. The van der Waals surface area contributed by atoms with Gasteiger partial charge in [0.1, 0.15) is 5.69 Å².